The molecule has 2 aromatic rings. The van der Waals surface area contributed by atoms with Crippen LogP contribution in [-0.2, 0) is 10.2 Å². The van der Waals surface area contributed by atoms with E-state index in [0.29, 0.717) is 5.92 Å². The molecule has 40 heavy (non-hydrogen) atoms. The van der Waals surface area contributed by atoms with Gasteiger partial charge in [0.1, 0.15) is 11.7 Å². The lowest BCUT2D eigenvalue weighted by molar-refractivity contribution is -0.133. The molecule has 0 aromatic heterocycles. The Hall–Kier alpha value is -2.09. The van der Waals surface area contributed by atoms with Gasteiger partial charge in [-0.2, -0.15) is 0 Å². The van der Waals surface area contributed by atoms with E-state index in [1.54, 1.807) is 0 Å². The van der Waals surface area contributed by atoms with E-state index in [4.69, 9.17) is 4.74 Å². The Labute approximate surface area is 246 Å². The molecule has 3 rings (SSSR count). The van der Waals surface area contributed by atoms with E-state index >= 15 is 0 Å². The van der Waals surface area contributed by atoms with E-state index < -0.39 is 0 Å². The number of esters is 1. The molecule has 2 aromatic carbocycles. The zero-order chi connectivity index (χ0) is 29.1. The fraction of sp³-hybridized carbons (Fsp3) is 0.658. The van der Waals surface area contributed by atoms with E-state index in [9.17, 15) is 4.79 Å². The Balaban J connectivity index is 1.53. The number of aryl methyl sites for hydroxylation is 1. The molecule has 1 heterocycles. The highest BCUT2D eigenvalue weighted by Crippen LogP contribution is 2.47. The first-order valence-corrected chi connectivity index (χ1v) is 16.6. The molecular formula is C38H58O2. The van der Waals surface area contributed by atoms with Crippen LogP contribution in [0.5, 0.6) is 5.75 Å². The SMILES string of the molecule is CCCCCCCCCCCCCCCCC(C)c1cc(C(C)(C)C)cc2c1OC(=O)C2c1cccc(C)c1C. The van der Waals surface area contributed by atoms with Gasteiger partial charge in [-0.1, -0.05) is 155 Å². The van der Waals surface area contributed by atoms with Gasteiger partial charge in [-0.15, -0.1) is 0 Å². The van der Waals surface area contributed by atoms with E-state index in [0.717, 1.165) is 23.3 Å². The maximum absolute atomic E-state index is 13.3. The molecule has 0 spiro atoms. The average molecular weight is 547 g/mol. The summed E-state index contributed by atoms with van der Waals surface area (Å²) in [6.45, 7) is 15.7. The smallest absolute Gasteiger partial charge is 0.323 e. The fourth-order valence-corrected chi connectivity index (χ4v) is 6.27. The van der Waals surface area contributed by atoms with Crippen LogP contribution in [0.25, 0.3) is 0 Å². The highest BCUT2D eigenvalue weighted by Gasteiger charge is 2.39. The standard InChI is InChI=1S/C38H58O2/c1-8-9-10-11-12-13-14-15-16-17-18-19-20-21-23-29(3)33-26-31(38(5,6)7)27-34-35(37(39)40-36(33)34)32-25-22-24-28(2)30(32)4/h22,24-27,29,35H,8-21,23H2,1-7H3. The fourth-order valence-electron chi connectivity index (χ4n) is 6.27. The van der Waals surface area contributed by atoms with Crippen molar-refractivity contribution in [1.82, 2.24) is 0 Å². The van der Waals surface area contributed by atoms with Crippen molar-refractivity contribution in [1.29, 1.82) is 0 Å². The number of carbonyl (C=O) groups excluding carboxylic acids is 1. The molecule has 2 nitrogen and oxygen atoms in total. The first-order chi connectivity index (χ1) is 19.1. The number of carbonyl (C=O) groups is 1. The van der Waals surface area contributed by atoms with Crippen LogP contribution in [0.4, 0.5) is 0 Å². The summed E-state index contributed by atoms with van der Waals surface area (Å²) in [5.41, 5.74) is 7.08. The molecule has 2 atom stereocenters. The normalized spacial score (nSPS) is 15.8. The number of benzene rings is 2. The van der Waals surface area contributed by atoms with E-state index in [-0.39, 0.29) is 17.3 Å². The van der Waals surface area contributed by atoms with Gasteiger partial charge in [-0.3, -0.25) is 4.79 Å². The molecular weight excluding hydrogens is 488 g/mol. The van der Waals surface area contributed by atoms with Gasteiger partial charge < -0.3 is 4.74 Å². The summed E-state index contributed by atoms with van der Waals surface area (Å²) < 4.78 is 6.07. The molecule has 2 heteroatoms. The minimum absolute atomic E-state index is 0.0103. The van der Waals surface area contributed by atoms with Gasteiger partial charge in [0.05, 0.1) is 0 Å². The Morgan fingerprint density at radius 3 is 1.88 bits per heavy atom. The highest BCUT2D eigenvalue weighted by atomic mass is 16.5. The van der Waals surface area contributed by atoms with Crippen LogP contribution >= 0.6 is 0 Å². The lowest BCUT2D eigenvalue weighted by Crippen LogP contribution is -2.14. The molecule has 0 N–H and O–H groups in total. The minimum atomic E-state index is -0.329. The number of ether oxygens (including phenoxy) is 1. The monoisotopic (exact) mass is 546 g/mol. The van der Waals surface area contributed by atoms with Gasteiger partial charge >= 0.3 is 5.97 Å². The third-order valence-corrected chi connectivity index (χ3v) is 9.24. The van der Waals surface area contributed by atoms with Crippen LogP contribution in [0.1, 0.15) is 176 Å². The maximum Gasteiger partial charge on any atom is 0.323 e. The van der Waals surface area contributed by atoms with Gasteiger partial charge in [0.25, 0.3) is 0 Å². The summed E-state index contributed by atoms with van der Waals surface area (Å²) >= 11 is 0. The molecule has 0 saturated heterocycles. The van der Waals surface area contributed by atoms with Crippen LogP contribution < -0.4 is 4.74 Å². The largest absolute Gasteiger partial charge is 0.425 e. The maximum atomic E-state index is 13.3. The second-order valence-corrected chi connectivity index (χ2v) is 13.7. The summed E-state index contributed by atoms with van der Waals surface area (Å²) in [6, 6.07) is 10.9. The number of hydrogen-bond acceptors (Lipinski definition) is 2. The van der Waals surface area contributed by atoms with Gasteiger partial charge in [0, 0.05) is 5.56 Å². The van der Waals surface area contributed by atoms with Crippen molar-refractivity contribution in [3.63, 3.8) is 0 Å². The van der Waals surface area contributed by atoms with Gasteiger partial charge in [-0.25, -0.2) is 0 Å². The quantitative estimate of drug-likeness (QED) is 0.112. The van der Waals surface area contributed by atoms with Crippen molar-refractivity contribution < 1.29 is 9.53 Å². The predicted molar refractivity (Wildman–Crippen MR) is 172 cm³/mol. The molecule has 222 valence electrons. The molecule has 0 bridgehead atoms. The van der Waals surface area contributed by atoms with Crippen molar-refractivity contribution >= 4 is 5.97 Å². The third kappa shape index (κ3) is 8.95. The molecule has 0 saturated carbocycles. The predicted octanol–water partition coefficient (Wildman–Crippen LogP) is 11.6. The van der Waals surface area contributed by atoms with Crippen LogP contribution in [0, 0.1) is 13.8 Å². The van der Waals surface area contributed by atoms with Crippen molar-refractivity contribution in [2.45, 2.75) is 162 Å². The lowest BCUT2D eigenvalue weighted by atomic mass is 9.79. The zero-order valence-electron chi connectivity index (χ0n) is 27.0. The van der Waals surface area contributed by atoms with Crippen LogP contribution in [0.15, 0.2) is 30.3 Å². The van der Waals surface area contributed by atoms with Crippen LogP contribution in [-0.4, -0.2) is 5.97 Å². The first kappa shape index (κ1) is 32.4. The Kier molecular flexibility index (Phi) is 12.8. The van der Waals surface area contributed by atoms with Gasteiger partial charge in [-0.05, 0) is 59.4 Å². The molecule has 0 aliphatic carbocycles. The average Bonchev–Trinajstić information content (AvgIpc) is 3.24. The molecule has 0 radical (unpaired) electrons. The Bertz CT molecular complexity index is 1070. The van der Waals surface area contributed by atoms with Crippen molar-refractivity contribution in [2.24, 2.45) is 0 Å². The Morgan fingerprint density at radius 2 is 1.32 bits per heavy atom. The summed E-state index contributed by atoms with van der Waals surface area (Å²) in [7, 11) is 0. The third-order valence-electron chi connectivity index (χ3n) is 9.24. The molecule has 0 amide bonds. The van der Waals surface area contributed by atoms with E-state index in [1.807, 2.05) is 0 Å². The molecule has 2 unspecified atom stereocenters. The second-order valence-electron chi connectivity index (χ2n) is 13.7. The first-order valence-electron chi connectivity index (χ1n) is 16.6. The zero-order valence-corrected chi connectivity index (χ0v) is 27.0. The number of unbranched alkanes of at least 4 members (excludes halogenated alkanes) is 13. The topological polar surface area (TPSA) is 26.3 Å². The van der Waals surface area contributed by atoms with E-state index in [1.165, 1.54) is 112 Å². The van der Waals surface area contributed by atoms with Crippen molar-refractivity contribution in [3.05, 3.63) is 63.7 Å². The summed E-state index contributed by atoms with van der Waals surface area (Å²) in [5.74, 6) is 0.754. The van der Waals surface area contributed by atoms with Crippen LogP contribution in [0.3, 0.4) is 0 Å². The summed E-state index contributed by atoms with van der Waals surface area (Å²) in [6.07, 6.45) is 20.5. The minimum Gasteiger partial charge on any atom is -0.425 e. The molecule has 0 fully saturated rings. The number of rotatable bonds is 17. The van der Waals surface area contributed by atoms with Gasteiger partial charge in [0.15, 0.2) is 0 Å². The Morgan fingerprint density at radius 1 is 0.775 bits per heavy atom. The lowest BCUT2D eigenvalue weighted by Gasteiger charge is -2.24. The van der Waals surface area contributed by atoms with Crippen molar-refractivity contribution in [2.75, 3.05) is 0 Å². The molecule has 1 aliphatic heterocycles. The highest BCUT2D eigenvalue weighted by molar-refractivity contribution is 5.90. The summed E-state index contributed by atoms with van der Waals surface area (Å²) in [5, 5.41) is 0. The number of fused-ring (bicyclic) bond motifs is 1. The van der Waals surface area contributed by atoms with Crippen molar-refractivity contribution in [3.8, 4) is 5.75 Å². The van der Waals surface area contributed by atoms with Gasteiger partial charge in [0.2, 0.25) is 0 Å². The summed E-state index contributed by atoms with van der Waals surface area (Å²) in [4.78, 5) is 13.3. The number of hydrogen-bond donors (Lipinski definition) is 0. The van der Waals surface area contributed by atoms with E-state index in [2.05, 4.69) is 78.8 Å². The molecule has 1 aliphatic rings. The second kappa shape index (κ2) is 15.8. The van der Waals surface area contributed by atoms with Crippen LogP contribution in [0.2, 0.25) is 0 Å².